The average molecular weight is 887 g/mol. The molecule has 0 aliphatic heterocycles. The molecule has 0 saturated carbocycles. The minimum Gasteiger partial charge on any atom is -0.294 e. The van der Waals surface area contributed by atoms with E-state index in [9.17, 15) is 0 Å². The molecule has 4 heterocycles. The van der Waals surface area contributed by atoms with Crippen molar-refractivity contribution >= 4 is 65.2 Å². The maximum Gasteiger partial charge on any atom is 0.137 e. The van der Waals surface area contributed by atoms with E-state index in [1.165, 1.54) is 104 Å². The molecular formula is C66H38N4. The Morgan fingerprint density at radius 3 is 1.60 bits per heavy atom. The number of para-hydroxylation sites is 1. The van der Waals surface area contributed by atoms with Crippen LogP contribution in [0.4, 0.5) is 0 Å². The highest BCUT2D eigenvalue weighted by atomic mass is 15.1. The van der Waals surface area contributed by atoms with Gasteiger partial charge in [0.15, 0.2) is 0 Å². The van der Waals surface area contributed by atoms with E-state index in [4.69, 9.17) is 9.97 Å². The maximum absolute atomic E-state index is 5.27. The van der Waals surface area contributed by atoms with Crippen molar-refractivity contribution in [1.29, 1.82) is 0 Å². The summed E-state index contributed by atoms with van der Waals surface area (Å²) in [5.41, 5.74) is 21.7. The number of hydrogen-bond acceptors (Lipinski definition) is 2. The Balaban J connectivity index is 0.896. The lowest BCUT2D eigenvalue weighted by atomic mass is 9.95. The number of aromatic nitrogens is 4. The van der Waals surface area contributed by atoms with Crippen molar-refractivity contribution in [3.8, 4) is 89.5 Å². The SMILES string of the molecule is c1ccc(-c2ccc(-n3c4ccccc4c4c5c(ccc43)-c3cc(-c4ccc6c7ccc8c(c7n(-c7ccc(-c9ccccc9)cn7)c6c4)-c4cccc6cccc-8c46)cc4cccc-5c34)nc2)cc1. The molecule has 0 atom stereocenters. The van der Waals surface area contributed by atoms with Gasteiger partial charge in [0.1, 0.15) is 11.6 Å². The average Bonchev–Trinajstić information content (AvgIpc) is 4.16. The molecular weight excluding hydrogens is 849 g/mol. The normalized spacial score (nSPS) is 12.3. The lowest BCUT2D eigenvalue weighted by molar-refractivity contribution is 1.08. The monoisotopic (exact) mass is 886 g/mol. The summed E-state index contributed by atoms with van der Waals surface area (Å²) >= 11 is 0. The van der Waals surface area contributed by atoms with E-state index in [0.717, 1.165) is 50.4 Å². The third kappa shape index (κ3) is 5.14. The zero-order valence-electron chi connectivity index (χ0n) is 37.7. The first-order valence-corrected chi connectivity index (χ1v) is 24.0. The first-order chi connectivity index (χ1) is 34.7. The van der Waals surface area contributed by atoms with Crippen LogP contribution in [0.2, 0.25) is 0 Å². The molecule has 4 aromatic heterocycles. The summed E-state index contributed by atoms with van der Waals surface area (Å²) < 4.78 is 4.76. The van der Waals surface area contributed by atoms with E-state index in [0.29, 0.717) is 0 Å². The van der Waals surface area contributed by atoms with Gasteiger partial charge in [0.25, 0.3) is 0 Å². The predicted molar refractivity (Wildman–Crippen MR) is 291 cm³/mol. The molecule has 322 valence electrons. The molecule has 14 aromatic rings. The van der Waals surface area contributed by atoms with Crippen LogP contribution in [0.3, 0.4) is 0 Å². The van der Waals surface area contributed by atoms with Crippen LogP contribution in [0, 0.1) is 0 Å². The fourth-order valence-corrected chi connectivity index (χ4v) is 12.3. The van der Waals surface area contributed by atoms with Crippen LogP contribution in [-0.4, -0.2) is 19.1 Å². The van der Waals surface area contributed by atoms with Gasteiger partial charge in [-0.2, -0.15) is 0 Å². The lowest BCUT2D eigenvalue weighted by Crippen LogP contribution is -1.99. The van der Waals surface area contributed by atoms with E-state index in [1.807, 2.05) is 12.4 Å². The van der Waals surface area contributed by atoms with Crippen molar-refractivity contribution < 1.29 is 0 Å². The quantitative estimate of drug-likeness (QED) is 0.173. The van der Waals surface area contributed by atoms with Crippen LogP contribution >= 0.6 is 0 Å². The van der Waals surface area contributed by atoms with Gasteiger partial charge in [-0.25, -0.2) is 9.97 Å². The van der Waals surface area contributed by atoms with Gasteiger partial charge in [0, 0.05) is 56.2 Å². The maximum atomic E-state index is 5.27. The Hall–Kier alpha value is -9.38. The molecule has 0 amide bonds. The minimum atomic E-state index is 0.898. The van der Waals surface area contributed by atoms with Gasteiger partial charge < -0.3 is 0 Å². The molecule has 0 spiro atoms. The molecule has 0 unspecified atom stereocenters. The molecule has 0 N–H and O–H groups in total. The number of benzene rings is 10. The summed E-state index contributed by atoms with van der Waals surface area (Å²) in [6, 6.07) is 80.0. The number of rotatable bonds is 5. The zero-order chi connectivity index (χ0) is 45.6. The second-order valence-corrected chi connectivity index (χ2v) is 18.9. The highest BCUT2D eigenvalue weighted by Gasteiger charge is 2.30. The summed E-state index contributed by atoms with van der Waals surface area (Å²) in [5, 5.41) is 10.0. The molecule has 16 rings (SSSR count). The first-order valence-electron chi connectivity index (χ1n) is 24.0. The number of hydrogen-bond donors (Lipinski definition) is 0. The summed E-state index contributed by atoms with van der Waals surface area (Å²) in [6.45, 7) is 0. The van der Waals surface area contributed by atoms with E-state index in [-0.39, 0.29) is 0 Å². The number of pyridine rings is 2. The van der Waals surface area contributed by atoms with Gasteiger partial charge in [-0.3, -0.25) is 9.13 Å². The van der Waals surface area contributed by atoms with Crippen LogP contribution in [-0.2, 0) is 0 Å². The molecule has 0 radical (unpaired) electrons. The van der Waals surface area contributed by atoms with E-state index < -0.39 is 0 Å². The van der Waals surface area contributed by atoms with E-state index >= 15 is 0 Å². The Morgan fingerprint density at radius 1 is 0.271 bits per heavy atom. The van der Waals surface area contributed by atoms with Gasteiger partial charge in [-0.15, -0.1) is 0 Å². The van der Waals surface area contributed by atoms with Crippen molar-refractivity contribution in [1.82, 2.24) is 19.1 Å². The highest BCUT2D eigenvalue weighted by Crippen LogP contribution is 2.55. The summed E-state index contributed by atoms with van der Waals surface area (Å²) in [5.74, 6) is 1.80. The molecule has 70 heavy (non-hydrogen) atoms. The van der Waals surface area contributed by atoms with Crippen LogP contribution < -0.4 is 0 Å². The minimum absolute atomic E-state index is 0.898. The van der Waals surface area contributed by atoms with Crippen LogP contribution in [0.5, 0.6) is 0 Å². The van der Waals surface area contributed by atoms with Gasteiger partial charge in [-0.05, 0) is 132 Å². The van der Waals surface area contributed by atoms with E-state index in [2.05, 4.69) is 228 Å². The third-order valence-corrected chi connectivity index (χ3v) is 15.3. The van der Waals surface area contributed by atoms with Crippen LogP contribution in [0.15, 0.2) is 231 Å². The summed E-state index contributed by atoms with van der Waals surface area (Å²) in [4.78, 5) is 10.3. The van der Waals surface area contributed by atoms with Gasteiger partial charge >= 0.3 is 0 Å². The Morgan fingerprint density at radius 2 is 0.871 bits per heavy atom. The van der Waals surface area contributed by atoms with Crippen molar-refractivity contribution in [2.24, 2.45) is 0 Å². The van der Waals surface area contributed by atoms with Gasteiger partial charge in [-0.1, -0.05) is 164 Å². The number of fused-ring (bicyclic) bond motifs is 14. The molecule has 0 fully saturated rings. The molecule has 0 bridgehead atoms. The van der Waals surface area contributed by atoms with Gasteiger partial charge in [0.05, 0.1) is 22.1 Å². The Kier molecular flexibility index (Phi) is 7.58. The summed E-state index contributed by atoms with van der Waals surface area (Å²) in [6.07, 6.45) is 4.02. The van der Waals surface area contributed by atoms with Gasteiger partial charge in [0.2, 0.25) is 0 Å². The van der Waals surface area contributed by atoms with E-state index in [1.54, 1.807) is 0 Å². The fourth-order valence-electron chi connectivity index (χ4n) is 12.3. The largest absolute Gasteiger partial charge is 0.294 e. The predicted octanol–water partition coefficient (Wildman–Crippen LogP) is 17.3. The smallest absolute Gasteiger partial charge is 0.137 e. The summed E-state index contributed by atoms with van der Waals surface area (Å²) in [7, 11) is 0. The highest BCUT2D eigenvalue weighted by molar-refractivity contribution is 6.28. The Labute approximate surface area is 402 Å². The van der Waals surface area contributed by atoms with Crippen molar-refractivity contribution in [3.63, 3.8) is 0 Å². The van der Waals surface area contributed by atoms with Crippen LogP contribution in [0.25, 0.3) is 155 Å². The van der Waals surface area contributed by atoms with Crippen molar-refractivity contribution in [3.05, 3.63) is 231 Å². The fraction of sp³-hybridized carbons (Fsp3) is 0. The zero-order valence-corrected chi connectivity index (χ0v) is 37.7. The topological polar surface area (TPSA) is 35.6 Å². The molecule has 0 saturated heterocycles. The second kappa shape index (κ2) is 14.1. The molecule has 2 aliphatic carbocycles. The molecule has 4 nitrogen and oxygen atoms in total. The van der Waals surface area contributed by atoms with Crippen LogP contribution in [0.1, 0.15) is 0 Å². The van der Waals surface area contributed by atoms with Crippen molar-refractivity contribution in [2.45, 2.75) is 0 Å². The third-order valence-electron chi connectivity index (χ3n) is 15.3. The first kappa shape index (κ1) is 37.7. The number of nitrogens with zero attached hydrogens (tertiary/aromatic N) is 4. The standard InChI is InChI=1S/C66H38N4/c1-3-12-39(13-4-1)44-25-32-59(67-37-44)69-56-23-8-7-19-52(56)65-57(69)31-30-50-55-35-46(34-43-18-11-21-53(62(43)55)63(50)65)42-24-27-47-51-29-28-49-48-20-9-16-41-17-10-22-54(61(41)48)64(49)66(51)70(58(47)36-42)60-33-26-45(38-68-60)40-14-5-2-6-15-40/h1-38H. The second-order valence-electron chi connectivity index (χ2n) is 18.9. The Bertz CT molecular complexity index is 4540. The molecule has 10 aromatic carbocycles. The molecule has 2 aliphatic rings. The lowest BCUT2D eigenvalue weighted by Gasteiger charge is -2.13. The molecule has 4 heteroatoms. The van der Waals surface area contributed by atoms with Crippen molar-refractivity contribution in [2.75, 3.05) is 0 Å².